The summed E-state index contributed by atoms with van der Waals surface area (Å²) in [6.45, 7) is 4.28. The van der Waals surface area contributed by atoms with Gasteiger partial charge >= 0.3 is 0 Å². The number of rotatable bonds is 7. The zero-order valence-corrected chi connectivity index (χ0v) is 18.2. The highest BCUT2D eigenvalue weighted by Gasteiger charge is 2.14. The normalized spacial score (nSPS) is 10.6. The van der Waals surface area contributed by atoms with Crippen molar-refractivity contribution in [2.75, 3.05) is 5.32 Å². The molecule has 0 spiro atoms. The molecule has 0 aliphatic heterocycles. The Labute approximate surface area is 186 Å². The van der Waals surface area contributed by atoms with E-state index in [1.165, 1.54) is 0 Å². The van der Waals surface area contributed by atoms with Crippen LogP contribution < -0.4 is 10.1 Å². The average molecular weight is 430 g/mol. The molecule has 0 saturated carbocycles. The Morgan fingerprint density at radius 2 is 1.58 bits per heavy atom. The van der Waals surface area contributed by atoms with Crippen molar-refractivity contribution in [1.29, 1.82) is 0 Å². The summed E-state index contributed by atoms with van der Waals surface area (Å²) in [5.41, 5.74) is 2.88. The first kappa shape index (κ1) is 20.8. The Hall–Kier alpha value is -3.44. The van der Waals surface area contributed by atoms with E-state index in [-0.39, 0.29) is 18.3 Å². The molecule has 0 fully saturated rings. The molecule has 1 amide bonds. The molecule has 4 nitrogen and oxygen atoms in total. The summed E-state index contributed by atoms with van der Waals surface area (Å²) in [4.78, 5) is 14.8. The molecule has 0 aliphatic carbocycles. The van der Waals surface area contributed by atoms with Crippen molar-refractivity contribution in [3.8, 4) is 5.75 Å². The molecule has 0 atom stereocenters. The third kappa shape index (κ3) is 5.19. The third-order valence-corrected chi connectivity index (χ3v) is 5.84. The van der Waals surface area contributed by atoms with Crippen LogP contribution in [-0.2, 0) is 6.61 Å². The van der Waals surface area contributed by atoms with Crippen LogP contribution in [0.15, 0.2) is 99.1 Å². The van der Waals surface area contributed by atoms with E-state index in [9.17, 15) is 4.79 Å². The Morgan fingerprint density at radius 3 is 2.35 bits per heavy atom. The molecule has 4 rings (SSSR count). The summed E-state index contributed by atoms with van der Waals surface area (Å²) >= 11 is 1.60. The molecule has 31 heavy (non-hydrogen) atoms. The van der Waals surface area contributed by atoms with Crippen LogP contribution in [-0.4, -0.2) is 5.91 Å². The molecule has 156 valence electrons. The van der Waals surface area contributed by atoms with Crippen LogP contribution in [0, 0.1) is 13.8 Å². The molecule has 0 bridgehead atoms. The molecule has 0 aliphatic rings. The van der Waals surface area contributed by atoms with Gasteiger partial charge in [0.25, 0.3) is 5.91 Å². The number of anilines is 1. The molecule has 1 heterocycles. The molecule has 0 radical (unpaired) electrons. The van der Waals surface area contributed by atoms with Gasteiger partial charge in [0, 0.05) is 9.79 Å². The Morgan fingerprint density at radius 1 is 0.871 bits per heavy atom. The number of carbonyl (C=O) groups excluding carboxylic acids is 1. The van der Waals surface area contributed by atoms with Gasteiger partial charge < -0.3 is 14.5 Å². The van der Waals surface area contributed by atoms with Crippen molar-refractivity contribution in [3.63, 3.8) is 0 Å². The SMILES string of the molecule is Cc1cccc(C)c1OCc1ccc(C(=O)Nc2ccccc2Sc2ccccc2)o1. The number of hydrogen-bond donors (Lipinski definition) is 1. The second kappa shape index (κ2) is 9.58. The van der Waals surface area contributed by atoms with Crippen LogP contribution in [0.2, 0.25) is 0 Å². The smallest absolute Gasteiger partial charge is 0.291 e. The van der Waals surface area contributed by atoms with Crippen molar-refractivity contribution in [2.24, 2.45) is 0 Å². The minimum absolute atomic E-state index is 0.250. The van der Waals surface area contributed by atoms with Crippen LogP contribution in [0.4, 0.5) is 5.69 Å². The van der Waals surface area contributed by atoms with E-state index >= 15 is 0 Å². The first-order valence-electron chi connectivity index (χ1n) is 10.0. The van der Waals surface area contributed by atoms with Gasteiger partial charge in [-0.3, -0.25) is 4.79 Å². The summed E-state index contributed by atoms with van der Waals surface area (Å²) in [7, 11) is 0. The number of ether oxygens (including phenoxy) is 1. The largest absolute Gasteiger partial charge is 0.485 e. The number of carbonyl (C=O) groups is 1. The van der Waals surface area contributed by atoms with Crippen molar-refractivity contribution in [1.82, 2.24) is 0 Å². The second-order valence-electron chi connectivity index (χ2n) is 7.14. The highest BCUT2D eigenvalue weighted by atomic mass is 32.2. The predicted molar refractivity (Wildman–Crippen MR) is 124 cm³/mol. The summed E-state index contributed by atoms with van der Waals surface area (Å²) in [5.74, 6) is 1.40. The van der Waals surface area contributed by atoms with E-state index in [1.54, 1.807) is 23.9 Å². The van der Waals surface area contributed by atoms with Crippen LogP contribution in [0.1, 0.15) is 27.4 Å². The van der Waals surface area contributed by atoms with Crippen LogP contribution in [0.5, 0.6) is 5.75 Å². The number of benzene rings is 3. The fourth-order valence-corrected chi connectivity index (χ4v) is 4.13. The highest BCUT2D eigenvalue weighted by molar-refractivity contribution is 7.99. The lowest BCUT2D eigenvalue weighted by molar-refractivity contribution is 0.0992. The summed E-state index contributed by atoms with van der Waals surface area (Å²) in [5, 5.41) is 2.96. The van der Waals surface area contributed by atoms with Gasteiger partial charge in [-0.05, 0) is 61.4 Å². The number of furan rings is 1. The number of nitrogens with one attached hydrogen (secondary N) is 1. The lowest BCUT2D eigenvalue weighted by atomic mass is 10.1. The maximum absolute atomic E-state index is 12.8. The van der Waals surface area contributed by atoms with Crippen molar-refractivity contribution in [2.45, 2.75) is 30.2 Å². The molecular formula is C26H23NO3S. The summed E-state index contributed by atoms with van der Waals surface area (Å²) in [6.07, 6.45) is 0. The van der Waals surface area contributed by atoms with E-state index in [0.29, 0.717) is 5.76 Å². The minimum atomic E-state index is -0.292. The van der Waals surface area contributed by atoms with Gasteiger partial charge in [0.15, 0.2) is 5.76 Å². The molecule has 0 saturated heterocycles. The number of hydrogen-bond acceptors (Lipinski definition) is 4. The third-order valence-electron chi connectivity index (χ3n) is 4.76. The maximum atomic E-state index is 12.8. The van der Waals surface area contributed by atoms with E-state index in [1.807, 2.05) is 86.6 Å². The van der Waals surface area contributed by atoms with Gasteiger partial charge in [-0.15, -0.1) is 0 Å². The topological polar surface area (TPSA) is 51.5 Å². The van der Waals surface area contributed by atoms with Gasteiger partial charge in [-0.25, -0.2) is 0 Å². The lowest BCUT2D eigenvalue weighted by Crippen LogP contribution is -2.11. The fourth-order valence-electron chi connectivity index (χ4n) is 3.21. The van der Waals surface area contributed by atoms with Crippen LogP contribution in [0.25, 0.3) is 0 Å². The number of para-hydroxylation sites is 2. The summed E-state index contributed by atoms with van der Waals surface area (Å²) < 4.78 is 11.7. The van der Waals surface area contributed by atoms with E-state index in [4.69, 9.17) is 9.15 Å². The number of amides is 1. The quantitative estimate of drug-likeness (QED) is 0.348. The van der Waals surface area contributed by atoms with E-state index < -0.39 is 0 Å². The number of aryl methyl sites for hydroxylation is 2. The molecular weight excluding hydrogens is 406 g/mol. The Balaban J connectivity index is 1.43. The molecule has 3 aromatic carbocycles. The van der Waals surface area contributed by atoms with Gasteiger partial charge in [0.1, 0.15) is 18.1 Å². The molecule has 5 heteroatoms. The molecule has 1 N–H and O–H groups in total. The zero-order chi connectivity index (χ0) is 21.6. The first-order chi connectivity index (χ1) is 15.1. The second-order valence-corrected chi connectivity index (χ2v) is 8.26. The lowest BCUT2D eigenvalue weighted by Gasteiger charge is -2.11. The van der Waals surface area contributed by atoms with Gasteiger partial charge in [0.05, 0.1) is 5.69 Å². The molecule has 0 unspecified atom stereocenters. The predicted octanol–water partition coefficient (Wildman–Crippen LogP) is 6.88. The molecule has 1 aromatic heterocycles. The standard InChI is InChI=1S/C26H23NO3S/c1-18-9-8-10-19(2)25(18)29-17-20-15-16-23(30-20)26(28)27-22-13-6-7-14-24(22)31-21-11-4-3-5-12-21/h3-16H,17H2,1-2H3,(H,27,28). The molecule has 4 aromatic rings. The highest BCUT2D eigenvalue weighted by Crippen LogP contribution is 2.33. The summed E-state index contributed by atoms with van der Waals surface area (Å²) in [6, 6.07) is 27.2. The Kier molecular flexibility index (Phi) is 6.43. The van der Waals surface area contributed by atoms with Crippen LogP contribution in [0.3, 0.4) is 0 Å². The first-order valence-corrected chi connectivity index (χ1v) is 10.8. The monoisotopic (exact) mass is 429 g/mol. The maximum Gasteiger partial charge on any atom is 0.291 e. The van der Waals surface area contributed by atoms with E-state index in [0.717, 1.165) is 32.4 Å². The van der Waals surface area contributed by atoms with Crippen LogP contribution >= 0.6 is 11.8 Å². The fraction of sp³-hybridized carbons (Fsp3) is 0.115. The van der Waals surface area contributed by atoms with Gasteiger partial charge in [-0.2, -0.15) is 0 Å². The van der Waals surface area contributed by atoms with Crippen molar-refractivity contribution >= 4 is 23.4 Å². The van der Waals surface area contributed by atoms with Crippen molar-refractivity contribution < 1.29 is 13.9 Å². The van der Waals surface area contributed by atoms with Crippen molar-refractivity contribution in [3.05, 3.63) is 108 Å². The Bertz CT molecular complexity index is 1160. The van der Waals surface area contributed by atoms with Gasteiger partial charge in [0.2, 0.25) is 0 Å². The van der Waals surface area contributed by atoms with Gasteiger partial charge in [-0.1, -0.05) is 60.3 Å². The minimum Gasteiger partial charge on any atom is -0.485 e. The zero-order valence-electron chi connectivity index (χ0n) is 17.4. The van der Waals surface area contributed by atoms with E-state index in [2.05, 4.69) is 5.32 Å². The average Bonchev–Trinajstić information content (AvgIpc) is 3.25.